The number of hydrogen-bond acceptors (Lipinski definition) is 4. The molecule has 124 valence electrons. The normalized spacial score (nSPS) is 12.4. The predicted octanol–water partition coefficient (Wildman–Crippen LogP) is 4.00. The molecule has 6 heteroatoms. The van der Waals surface area contributed by atoms with Crippen molar-refractivity contribution in [2.45, 2.75) is 17.3 Å². The highest BCUT2D eigenvalue weighted by Gasteiger charge is 2.18. The number of thioether (sulfide) groups is 1. The maximum Gasteiger partial charge on any atom is 0.237 e. The first-order valence-corrected chi connectivity index (χ1v) is 8.85. The maximum absolute atomic E-state index is 12.6. The van der Waals surface area contributed by atoms with Crippen LogP contribution >= 0.6 is 11.8 Å². The molecule has 0 bridgehead atoms. The molecule has 5 nitrogen and oxygen atoms in total. The van der Waals surface area contributed by atoms with Crippen LogP contribution in [0.5, 0.6) is 0 Å². The number of benzene rings is 2. The van der Waals surface area contributed by atoms with E-state index < -0.39 is 0 Å². The Kier molecular flexibility index (Phi) is 4.11. The van der Waals surface area contributed by atoms with Gasteiger partial charge in [0.15, 0.2) is 10.8 Å². The minimum absolute atomic E-state index is 0.0611. The van der Waals surface area contributed by atoms with Crippen LogP contribution in [0.15, 0.2) is 72.0 Å². The molecule has 1 N–H and O–H groups in total. The van der Waals surface area contributed by atoms with Gasteiger partial charge in [0.1, 0.15) is 0 Å². The third-order valence-corrected chi connectivity index (χ3v) is 5.04. The van der Waals surface area contributed by atoms with Gasteiger partial charge in [0, 0.05) is 17.3 Å². The summed E-state index contributed by atoms with van der Waals surface area (Å²) in [6.07, 6.45) is 1.90. The largest absolute Gasteiger partial charge is 0.325 e. The number of nitrogens with one attached hydrogen (secondary N) is 1. The van der Waals surface area contributed by atoms with Crippen molar-refractivity contribution in [3.8, 4) is 0 Å². The minimum Gasteiger partial charge on any atom is -0.325 e. The van der Waals surface area contributed by atoms with E-state index in [1.165, 1.54) is 11.8 Å². The van der Waals surface area contributed by atoms with Crippen LogP contribution in [0.2, 0.25) is 0 Å². The smallest absolute Gasteiger partial charge is 0.237 e. The standard InChI is InChI=1S/C19H16N4OS/c1-13(25-19-22-21-17-11-4-5-12-23(17)19)18(24)20-16-10-6-8-14-7-2-3-9-15(14)16/h2-13H,1H3,(H,20,24)/t13-/m1/s1. The van der Waals surface area contributed by atoms with Crippen LogP contribution in [0.25, 0.3) is 16.4 Å². The van der Waals surface area contributed by atoms with Crippen LogP contribution in [-0.4, -0.2) is 25.8 Å². The van der Waals surface area contributed by atoms with Crippen LogP contribution in [0.3, 0.4) is 0 Å². The summed E-state index contributed by atoms with van der Waals surface area (Å²) in [5.41, 5.74) is 1.59. The molecule has 1 amide bonds. The molecule has 2 heterocycles. The van der Waals surface area contributed by atoms with E-state index in [1.807, 2.05) is 78.2 Å². The SMILES string of the molecule is C[C@@H](Sc1nnc2ccccn12)C(=O)Nc1cccc2ccccc12. The Balaban J connectivity index is 1.54. The molecule has 0 saturated heterocycles. The highest BCUT2D eigenvalue weighted by molar-refractivity contribution is 8.00. The quantitative estimate of drug-likeness (QED) is 0.566. The maximum atomic E-state index is 12.6. The summed E-state index contributed by atoms with van der Waals surface area (Å²) >= 11 is 1.39. The van der Waals surface area contributed by atoms with Crippen LogP contribution in [0.4, 0.5) is 5.69 Å². The molecule has 0 fully saturated rings. The first kappa shape index (κ1) is 15.7. The van der Waals surface area contributed by atoms with Gasteiger partial charge in [-0.05, 0) is 30.5 Å². The second kappa shape index (κ2) is 6.57. The van der Waals surface area contributed by atoms with Gasteiger partial charge in [0.25, 0.3) is 0 Å². The van der Waals surface area contributed by atoms with E-state index in [9.17, 15) is 4.79 Å². The monoisotopic (exact) mass is 348 g/mol. The van der Waals surface area contributed by atoms with E-state index in [4.69, 9.17) is 0 Å². The Morgan fingerprint density at radius 2 is 1.84 bits per heavy atom. The number of fused-ring (bicyclic) bond motifs is 2. The molecule has 4 aromatic rings. The van der Waals surface area contributed by atoms with E-state index in [-0.39, 0.29) is 11.2 Å². The number of aromatic nitrogens is 3. The van der Waals surface area contributed by atoms with E-state index in [0.717, 1.165) is 22.1 Å². The van der Waals surface area contributed by atoms with Gasteiger partial charge in [-0.15, -0.1) is 10.2 Å². The van der Waals surface area contributed by atoms with Crippen molar-refractivity contribution >= 4 is 39.8 Å². The number of nitrogens with zero attached hydrogens (tertiary/aromatic N) is 3. The molecule has 1 atom stereocenters. The van der Waals surface area contributed by atoms with Gasteiger partial charge in [-0.1, -0.05) is 54.2 Å². The Labute approximate surface area is 149 Å². The van der Waals surface area contributed by atoms with Crippen LogP contribution in [0, 0.1) is 0 Å². The second-order valence-electron chi connectivity index (χ2n) is 5.69. The van der Waals surface area contributed by atoms with Crippen LogP contribution in [0.1, 0.15) is 6.92 Å². The molecule has 0 radical (unpaired) electrons. The van der Waals surface area contributed by atoms with E-state index in [1.54, 1.807) is 0 Å². The van der Waals surface area contributed by atoms with Crippen LogP contribution in [-0.2, 0) is 4.79 Å². The summed E-state index contributed by atoms with van der Waals surface area (Å²) in [5, 5.41) is 13.9. The van der Waals surface area contributed by atoms with Gasteiger partial charge in [-0.25, -0.2) is 0 Å². The molecule has 0 aliphatic heterocycles. The van der Waals surface area contributed by atoms with E-state index in [2.05, 4.69) is 15.5 Å². The summed E-state index contributed by atoms with van der Waals surface area (Å²) in [6.45, 7) is 1.87. The fourth-order valence-electron chi connectivity index (χ4n) is 2.68. The Morgan fingerprint density at radius 3 is 2.76 bits per heavy atom. The average Bonchev–Trinajstić information content (AvgIpc) is 3.05. The van der Waals surface area contributed by atoms with Gasteiger partial charge in [-0.3, -0.25) is 9.20 Å². The number of rotatable bonds is 4. The van der Waals surface area contributed by atoms with Gasteiger partial charge in [-0.2, -0.15) is 0 Å². The van der Waals surface area contributed by atoms with Gasteiger partial charge in [0.05, 0.1) is 5.25 Å². The highest BCUT2D eigenvalue weighted by atomic mass is 32.2. The lowest BCUT2D eigenvalue weighted by molar-refractivity contribution is -0.115. The Hall–Kier alpha value is -2.86. The zero-order valence-electron chi connectivity index (χ0n) is 13.6. The predicted molar refractivity (Wildman–Crippen MR) is 101 cm³/mol. The van der Waals surface area contributed by atoms with Crippen LogP contribution < -0.4 is 5.32 Å². The fourth-order valence-corrected chi connectivity index (χ4v) is 3.52. The number of carbonyl (C=O) groups excluding carboxylic acids is 1. The molecule has 4 rings (SSSR count). The molecular formula is C19H16N4OS. The summed E-state index contributed by atoms with van der Waals surface area (Å²) in [4.78, 5) is 12.6. The van der Waals surface area contributed by atoms with Crippen molar-refractivity contribution in [3.63, 3.8) is 0 Å². The summed E-state index contributed by atoms with van der Waals surface area (Å²) < 4.78 is 1.88. The number of amides is 1. The van der Waals surface area contributed by atoms with Gasteiger partial charge < -0.3 is 5.32 Å². The second-order valence-corrected chi connectivity index (χ2v) is 7.00. The lowest BCUT2D eigenvalue weighted by atomic mass is 10.1. The molecular weight excluding hydrogens is 332 g/mol. The van der Waals surface area contributed by atoms with Gasteiger partial charge in [0.2, 0.25) is 5.91 Å². The lowest BCUT2D eigenvalue weighted by Crippen LogP contribution is -2.22. The number of pyridine rings is 1. The first-order chi connectivity index (χ1) is 12.2. The lowest BCUT2D eigenvalue weighted by Gasteiger charge is -2.12. The van der Waals surface area contributed by atoms with Crippen molar-refractivity contribution < 1.29 is 4.79 Å². The summed E-state index contributed by atoms with van der Waals surface area (Å²) in [7, 11) is 0. The molecule has 0 unspecified atom stereocenters. The minimum atomic E-state index is -0.299. The zero-order valence-corrected chi connectivity index (χ0v) is 14.4. The van der Waals surface area contributed by atoms with Crippen molar-refractivity contribution in [1.82, 2.24) is 14.6 Å². The first-order valence-electron chi connectivity index (χ1n) is 7.97. The Bertz CT molecular complexity index is 1050. The third-order valence-electron chi connectivity index (χ3n) is 3.98. The molecule has 2 aromatic heterocycles. The van der Waals surface area contributed by atoms with Crippen molar-refractivity contribution in [3.05, 3.63) is 66.9 Å². The molecule has 0 spiro atoms. The van der Waals surface area contributed by atoms with E-state index in [0.29, 0.717) is 5.16 Å². The molecule has 0 saturated carbocycles. The summed E-state index contributed by atoms with van der Waals surface area (Å²) in [6, 6.07) is 19.6. The molecule has 25 heavy (non-hydrogen) atoms. The number of carbonyl (C=O) groups is 1. The zero-order chi connectivity index (χ0) is 17.2. The van der Waals surface area contributed by atoms with Crippen molar-refractivity contribution in [2.75, 3.05) is 5.32 Å². The van der Waals surface area contributed by atoms with E-state index >= 15 is 0 Å². The van der Waals surface area contributed by atoms with Gasteiger partial charge >= 0.3 is 0 Å². The molecule has 0 aliphatic carbocycles. The third kappa shape index (κ3) is 3.08. The number of anilines is 1. The number of hydrogen-bond donors (Lipinski definition) is 1. The highest BCUT2D eigenvalue weighted by Crippen LogP contribution is 2.26. The molecule has 2 aromatic carbocycles. The average molecular weight is 348 g/mol. The van der Waals surface area contributed by atoms with Crippen molar-refractivity contribution in [2.24, 2.45) is 0 Å². The van der Waals surface area contributed by atoms with Crippen molar-refractivity contribution in [1.29, 1.82) is 0 Å². The fraction of sp³-hybridized carbons (Fsp3) is 0.105. The topological polar surface area (TPSA) is 59.3 Å². The Morgan fingerprint density at radius 1 is 1.04 bits per heavy atom. The molecule has 0 aliphatic rings. The summed E-state index contributed by atoms with van der Waals surface area (Å²) in [5.74, 6) is -0.0611.